The Kier molecular flexibility index (Phi) is 5.17. The molecule has 1 aliphatic carbocycles. The van der Waals surface area contributed by atoms with Crippen molar-refractivity contribution in [2.75, 3.05) is 18.5 Å². The minimum absolute atomic E-state index is 0. The number of nitrogens with zero attached hydrogens (tertiary/aromatic N) is 1. The average Bonchev–Trinajstić information content (AvgIpc) is 2.88. The van der Waals surface area contributed by atoms with Gasteiger partial charge in [-0.05, 0) is 25.0 Å². The molecular weight excluding hydrogens is 248 g/mol. The highest BCUT2D eigenvalue weighted by atomic mass is 35.5. The fraction of sp³-hybridized carbons (Fsp3) is 0.500. The first kappa shape index (κ1) is 15.0. The third kappa shape index (κ3) is 2.68. The number of carbonyl (C=O) groups is 1. The molecule has 3 nitrogen and oxygen atoms in total. The predicted molar refractivity (Wildman–Crippen MR) is 77.1 cm³/mol. The molecule has 2 N–H and O–H groups in total. The minimum Gasteiger partial charge on any atom is -0.329 e. The summed E-state index contributed by atoms with van der Waals surface area (Å²) >= 11 is 0. The Labute approximate surface area is 115 Å². The highest BCUT2D eigenvalue weighted by Crippen LogP contribution is 2.39. The van der Waals surface area contributed by atoms with Crippen LogP contribution in [0.5, 0.6) is 0 Å². The van der Waals surface area contributed by atoms with Gasteiger partial charge in [-0.3, -0.25) is 4.79 Å². The number of rotatable bonds is 3. The number of carbonyl (C=O) groups excluding carboxylic acids is 1. The molecule has 1 fully saturated rings. The first-order chi connectivity index (χ1) is 8.19. The normalized spacial score (nSPS) is 17.0. The fourth-order valence-electron chi connectivity index (χ4n) is 2.68. The highest BCUT2D eigenvalue weighted by Gasteiger charge is 2.41. The maximum absolute atomic E-state index is 12.5. The van der Waals surface area contributed by atoms with Gasteiger partial charge in [-0.1, -0.05) is 31.0 Å². The first-order valence-corrected chi connectivity index (χ1v) is 6.23. The molecule has 1 aromatic carbocycles. The topological polar surface area (TPSA) is 46.3 Å². The molecular formula is C14H21ClN2O. The van der Waals surface area contributed by atoms with Crippen LogP contribution >= 0.6 is 12.4 Å². The second kappa shape index (κ2) is 6.21. The molecule has 1 aromatic rings. The van der Waals surface area contributed by atoms with Gasteiger partial charge in [-0.25, -0.2) is 0 Å². The lowest BCUT2D eigenvalue weighted by molar-refractivity contribution is -0.127. The highest BCUT2D eigenvalue weighted by molar-refractivity contribution is 5.97. The summed E-state index contributed by atoms with van der Waals surface area (Å²) in [6.07, 6.45) is 4.09. The zero-order valence-corrected chi connectivity index (χ0v) is 11.6. The van der Waals surface area contributed by atoms with Crippen molar-refractivity contribution in [1.29, 1.82) is 0 Å². The molecule has 1 aliphatic rings. The van der Waals surface area contributed by atoms with Crippen LogP contribution in [-0.4, -0.2) is 19.5 Å². The quantitative estimate of drug-likeness (QED) is 0.916. The van der Waals surface area contributed by atoms with E-state index in [9.17, 15) is 4.79 Å². The number of para-hydroxylation sites is 1. The van der Waals surface area contributed by atoms with Crippen molar-refractivity contribution in [3.05, 3.63) is 30.3 Å². The van der Waals surface area contributed by atoms with Crippen LogP contribution in [0.3, 0.4) is 0 Å². The number of hydrogen-bond donors (Lipinski definition) is 1. The van der Waals surface area contributed by atoms with Crippen LogP contribution in [0, 0.1) is 5.41 Å². The Morgan fingerprint density at radius 2 is 1.83 bits per heavy atom. The van der Waals surface area contributed by atoms with Crippen LogP contribution in [-0.2, 0) is 4.79 Å². The second-order valence-corrected chi connectivity index (χ2v) is 4.89. The predicted octanol–water partition coefficient (Wildman–Crippen LogP) is 2.59. The van der Waals surface area contributed by atoms with Crippen LogP contribution in [0.15, 0.2) is 30.3 Å². The minimum atomic E-state index is -0.315. The van der Waals surface area contributed by atoms with Gasteiger partial charge in [0.2, 0.25) is 5.91 Å². The maximum Gasteiger partial charge on any atom is 0.234 e. The molecule has 0 spiro atoms. The van der Waals surface area contributed by atoms with E-state index in [2.05, 4.69) is 0 Å². The summed E-state index contributed by atoms with van der Waals surface area (Å²) in [7, 11) is 1.84. The van der Waals surface area contributed by atoms with Gasteiger partial charge in [0, 0.05) is 19.3 Å². The van der Waals surface area contributed by atoms with Gasteiger partial charge in [0.25, 0.3) is 0 Å². The summed E-state index contributed by atoms with van der Waals surface area (Å²) in [6, 6.07) is 9.76. The largest absolute Gasteiger partial charge is 0.329 e. The molecule has 4 heteroatoms. The van der Waals surface area contributed by atoms with Crippen LogP contribution in [0.2, 0.25) is 0 Å². The van der Waals surface area contributed by atoms with Crippen molar-refractivity contribution in [3.8, 4) is 0 Å². The van der Waals surface area contributed by atoms with E-state index in [0.717, 1.165) is 31.4 Å². The zero-order chi connectivity index (χ0) is 12.3. The molecule has 1 saturated carbocycles. The van der Waals surface area contributed by atoms with Gasteiger partial charge >= 0.3 is 0 Å². The molecule has 100 valence electrons. The SMILES string of the molecule is CN(C(=O)C1(CN)CCCC1)c1ccccc1.Cl. The number of anilines is 1. The van der Waals surface area contributed by atoms with E-state index in [1.165, 1.54) is 0 Å². The van der Waals surface area contributed by atoms with E-state index in [0.29, 0.717) is 6.54 Å². The lowest BCUT2D eigenvalue weighted by Gasteiger charge is -2.31. The number of benzene rings is 1. The van der Waals surface area contributed by atoms with Crippen molar-refractivity contribution in [3.63, 3.8) is 0 Å². The van der Waals surface area contributed by atoms with Crippen molar-refractivity contribution in [2.45, 2.75) is 25.7 Å². The van der Waals surface area contributed by atoms with E-state index in [1.807, 2.05) is 37.4 Å². The van der Waals surface area contributed by atoms with Crippen molar-refractivity contribution >= 4 is 24.0 Å². The summed E-state index contributed by atoms with van der Waals surface area (Å²) in [5.74, 6) is 0.170. The molecule has 0 radical (unpaired) electrons. The smallest absolute Gasteiger partial charge is 0.234 e. The Morgan fingerprint density at radius 3 is 2.33 bits per heavy atom. The number of amides is 1. The summed E-state index contributed by atoms with van der Waals surface area (Å²) in [6.45, 7) is 0.461. The summed E-state index contributed by atoms with van der Waals surface area (Å²) in [5.41, 5.74) is 6.47. The molecule has 0 atom stereocenters. The van der Waals surface area contributed by atoms with Crippen LogP contribution < -0.4 is 10.6 Å². The molecule has 0 unspecified atom stereocenters. The fourth-order valence-corrected chi connectivity index (χ4v) is 2.68. The lowest BCUT2D eigenvalue weighted by atomic mass is 9.84. The van der Waals surface area contributed by atoms with E-state index in [4.69, 9.17) is 5.73 Å². The van der Waals surface area contributed by atoms with Crippen molar-refractivity contribution in [2.24, 2.45) is 11.1 Å². The van der Waals surface area contributed by atoms with Gasteiger partial charge in [-0.2, -0.15) is 0 Å². The Hall–Kier alpha value is -1.06. The molecule has 0 heterocycles. The molecule has 0 bridgehead atoms. The summed E-state index contributed by atoms with van der Waals surface area (Å²) in [5, 5.41) is 0. The third-order valence-corrected chi connectivity index (χ3v) is 3.85. The summed E-state index contributed by atoms with van der Waals surface area (Å²) < 4.78 is 0. The van der Waals surface area contributed by atoms with Gasteiger partial charge in [0.05, 0.1) is 5.41 Å². The zero-order valence-electron chi connectivity index (χ0n) is 10.8. The third-order valence-electron chi connectivity index (χ3n) is 3.85. The Bertz CT molecular complexity index is 388. The number of halogens is 1. The molecule has 18 heavy (non-hydrogen) atoms. The van der Waals surface area contributed by atoms with Gasteiger partial charge in [-0.15, -0.1) is 12.4 Å². The van der Waals surface area contributed by atoms with E-state index < -0.39 is 0 Å². The van der Waals surface area contributed by atoms with Gasteiger partial charge in [0.15, 0.2) is 0 Å². The van der Waals surface area contributed by atoms with Gasteiger partial charge in [0.1, 0.15) is 0 Å². The van der Waals surface area contributed by atoms with E-state index in [1.54, 1.807) is 4.90 Å². The van der Waals surface area contributed by atoms with Crippen molar-refractivity contribution in [1.82, 2.24) is 0 Å². The second-order valence-electron chi connectivity index (χ2n) is 4.89. The maximum atomic E-state index is 12.5. The van der Waals surface area contributed by atoms with E-state index >= 15 is 0 Å². The Morgan fingerprint density at radius 1 is 1.28 bits per heavy atom. The monoisotopic (exact) mass is 268 g/mol. The Balaban J connectivity index is 0.00000162. The standard InChI is InChI=1S/C14H20N2O.ClH/c1-16(12-7-3-2-4-8-12)13(17)14(11-15)9-5-6-10-14;/h2-4,7-8H,5-6,9-11,15H2,1H3;1H. The molecule has 0 aliphatic heterocycles. The number of nitrogens with two attached hydrogens (primary N) is 1. The lowest BCUT2D eigenvalue weighted by Crippen LogP contribution is -2.45. The van der Waals surface area contributed by atoms with Crippen LogP contribution in [0.1, 0.15) is 25.7 Å². The molecule has 0 saturated heterocycles. The van der Waals surface area contributed by atoms with Crippen LogP contribution in [0.4, 0.5) is 5.69 Å². The van der Waals surface area contributed by atoms with Crippen molar-refractivity contribution < 1.29 is 4.79 Å². The average molecular weight is 269 g/mol. The molecule has 0 aromatic heterocycles. The van der Waals surface area contributed by atoms with E-state index in [-0.39, 0.29) is 23.7 Å². The number of hydrogen-bond acceptors (Lipinski definition) is 2. The van der Waals surface area contributed by atoms with Crippen LogP contribution in [0.25, 0.3) is 0 Å². The molecule has 2 rings (SSSR count). The van der Waals surface area contributed by atoms with Gasteiger partial charge < -0.3 is 10.6 Å². The summed E-state index contributed by atoms with van der Waals surface area (Å²) in [4.78, 5) is 14.3. The first-order valence-electron chi connectivity index (χ1n) is 6.23. The molecule has 1 amide bonds.